The second kappa shape index (κ2) is 4.97. The SMILES string of the molecule is O=C(NCc1cccnc1)c1cccnn1. The fourth-order valence-corrected chi connectivity index (χ4v) is 1.20. The average Bonchev–Trinajstić information content (AvgIpc) is 2.38. The van der Waals surface area contributed by atoms with Gasteiger partial charge in [0.05, 0.1) is 0 Å². The first kappa shape index (κ1) is 10.2. The summed E-state index contributed by atoms with van der Waals surface area (Å²) in [7, 11) is 0. The Bertz CT molecular complexity index is 458. The fraction of sp³-hybridized carbons (Fsp3) is 0.0909. The Balaban J connectivity index is 1.95. The normalized spacial score (nSPS) is 9.75. The Hall–Kier alpha value is -2.30. The summed E-state index contributed by atoms with van der Waals surface area (Å²) in [6, 6.07) is 7.01. The van der Waals surface area contributed by atoms with E-state index in [1.54, 1.807) is 24.5 Å². The van der Waals surface area contributed by atoms with Crippen molar-refractivity contribution in [3.63, 3.8) is 0 Å². The fourth-order valence-electron chi connectivity index (χ4n) is 1.20. The standard InChI is InChI=1S/C11H10N4O/c16-11(10-4-2-6-14-15-10)13-8-9-3-1-5-12-7-9/h1-7H,8H2,(H,13,16). The van der Waals surface area contributed by atoms with Crippen LogP contribution in [0.2, 0.25) is 0 Å². The molecule has 1 N–H and O–H groups in total. The summed E-state index contributed by atoms with van der Waals surface area (Å²) in [6.07, 6.45) is 4.92. The van der Waals surface area contributed by atoms with Crippen molar-refractivity contribution in [1.82, 2.24) is 20.5 Å². The van der Waals surface area contributed by atoms with Crippen LogP contribution in [0, 0.1) is 0 Å². The Morgan fingerprint density at radius 2 is 2.12 bits per heavy atom. The summed E-state index contributed by atoms with van der Waals surface area (Å²) in [5.41, 5.74) is 1.26. The molecule has 16 heavy (non-hydrogen) atoms. The number of hydrogen-bond acceptors (Lipinski definition) is 4. The molecular weight excluding hydrogens is 204 g/mol. The Kier molecular flexibility index (Phi) is 3.18. The minimum atomic E-state index is -0.239. The highest BCUT2D eigenvalue weighted by Gasteiger charge is 2.05. The lowest BCUT2D eigenvalue weighted by molar-refractivity contribution is 0.0945. The van der Waals surface area contributed by atoms with E-state index in [0.717, 1.165) is 5.56 Å². The third kappa shape index (κ3) is 2.60. The first-order valence-electron chi connectivity index (χ1n) is 4.81. The molecule has 0 fully saturated rings. The highest BCUT2D eigenvalue weighted by molar-refractivity contribution is 5.91. The highest BCUT2D eigenvalue weighted by Crippen LogP contribution is 1.96. The lowest BCUT2D eigenvalue weighted by Crippen LogP contribution is -2.24. The molecule has 5 nitrogen and oxygen atoms in total. The largest absolute Gasteiger partial charge is 0.347 e. The van der Waals surface area contributed by atoms with Crippen molar-refractivity contribution in [3.8, 4) is 0 Å². The van der Waals surface area contributed by atoms with E-state index in [4.69, 9.17) is 0 Å². The lowest BCUT2D eigenvalue weighted by atomic mass is 10.3. The zero-order chi connectivity index (χ0) is 11.2. The van der Waals surface area contributed by atoms with Gasteiger partial charge in [-0.25, -0.2) is 0 Å². The van der Waals surface area contributed by atoms with E-state index in [9.17, 15) is 4.79 Å². The first-order chi connectivity index (χ1) is 7.86. The van der Waals surface area contributed by atoms with Crippen molar-refractivity contribution in [2.45, 2.75) is 6.54 Å². The summed E-state index contributed by atoms with van der Waals surface area (Å²) in [6.45, 7) is 0.434. The van der Waals surface area contributed by atoms with Crippen LogP contribution in [0.5, 0.6) is 0 Å². The van der Waals surface area contributed by atoms with Crippen molar-refractivity contribution in [2.75, 3.05) is 0 Å². The molecule has 80 valence electrons. The van der Waals surface area contributed by atoms with Gasteiger partial charge in [-0.3, -0.25) is 9.78 Å². The van der Waals surface area contributed by atoms with Crippen LogP contribution in [0.3, 0.4) is 0 Å². The van der Waals surface area contributed by atoms with Crippen molar-refractivity contribution >= 4 is 5.91 Å². The molecule has 5 heteroatoms. The smallest absolute Gasteiger partial charge is 0.272 e. The zero-order valence-corrected chi connectivity index (χ0v) is 8.50. The number of nitrogens with one attached hydrogen (secondary N) is 1. The van der Waals surface area contributed by atoms with Crippen LogP contribution in [0.4, 0.5) is 0 Å². The van der Waals surface area contributed by atoms with E-state index >= 15 is 0 Å². The monoisotopic (exact) mass is 214 g/mol. The van der Waals surface area contributed by atoms with Gasteiger partial charge in [0.2, 0.25) is 0 Å². The number of hydrogen-bond donors (Lipinski definition) is 1. The molecule has 2 aromatic heterocycles. The molecule has 0 radical (unpaired) electrons. The second-order valence-corrected chi connectivity index (χ2v) is 3.15. The molecule has 0 unspecified atom stereocenters. The van der Waals surface area contributed by atoms with Gasteiger partial charge in [0.1, 0.15) is 0 Å². The number of carbonyl (C=O) groups excluding carboxylic acids is 1. The Morgan fingerprint density at radius 3 is 2.81 bits per heavy atom. The van der Waals surface area contributed by atoms with Gasteiger partial charge in [-0.1, -0.05) is 6.07 Å². The molecular formula is C11H10N4O. The number of carbonyl (C=O) groups is 1. The number of nitrogens with zero attached hydrogens (tertiary/aromatic N) is 3. The van der Waals surface area contributed by atoms with Gasteiger partial charge in [0, 0.05) is 25.1 Å². The molecule has 2 aromatic rings. The van der Waals surface area contributed by atoms with Gasteiger partial charge < -0.3 is 5.32 Å². The molecule has 0 spiro atoms. The van der Waals surface area contributed by atoms with Crippen LogP contribution >= 0.6 is 0 Å². The van der Waals surface area contributed by atoms with Crippen LogP contribution in [-0.2, 0) is 6.54 Å². The molecule has 0 aliphatic heterocycles. The van der Waals surface area contributed by atoms with E-state index in [1.807, 2.05) is 12.1 Å². The maximum atomic E-state index is 11.6. The predicted octanol–water partition coefficient (Wildman–Crippen LogP) is 0.802. The topological polar surface area (TPSA) is 67.8 Å². The molecule has 0 saturated heterocycles. The predicted molar refractivity (Wildman–Crippen MR) is 57.4 cm³/mol. The first-order valence-corrected chi connectivity index (χ1v) is 4.81. The maximum Gasteiger partial charge on any atom is 0.272 e. The molecule has 0 aliphatic carbocycles. The van der Waals surface area contributed by atoms with Crippen LogP contribution in [-0.4, -0.2) is 21.1 Å². The number of rotatable bonds is 3. The van der Waals surface area contributed by atoms with Gasteiger partial charge in [0.25, 0.3) is 5.91 Å². The summed E-state index contributed by atoms with van der Waals surface area (Å²) in [5, 5.41) is 10.1. The quantitative estimate of drug-likeness (QED) is 0.820. The number of aromatic nitrogens is 3. The highest BCUT2D eigenvalue weighted by atomic mass is 16.1. The molecule has 0 aliphatic rings. The Morgan fingerprint density at radius 1 is 1.25 bits per heavy atom. The molecule has 2 heterocycles. The molecule has 1 amide bonds. The van der Waals surface area contributed by atoms with E-state index in [-0.39, 0.29) is 5.91 Å². The molecule has 2 rings (SSSR count). The summed E-state index contributed by atoms with van der Waals surface area (Å²) in [5.74, 6) is -0.239. The van der Waals surface area contributed by atoms with E-state index in [0.29, 0.717) is 12.2 Å². The number of pyridine rings is 1. The third-order valence-corrected chi connectivity index (χ3v) is 1.98. The van der Waals surface area contributed by atoms with Gasteiger partial charge in [-0.15, -0.1) is 5.10 Å². The van der Waals surface area contributed by atoms with Crippen LogP contribution in [0.1, 0.15) is 16.1 Å². The Labute approximate surface area is 92.6 Å². The van der Waals surface area contributed by atoms with Gasteiger partial charge in [-0.05, 0) is 23.8 Å². The number of amides is 1. The van der Waals surface area contributed by atoms with Crippen molar-refractivity contribution < 1.29 is 4.79 Å². The molecule has 0 atom stereocenters. The molecule has 0 bridgehead atoms. The van der Waals surface area contributed by atoms with Crippen molar-refractivity contribution in [2.24, 2.45) is 0 Å². The van der Waals surface area contributed by atoms with E-state index < -0.39 is 0 Å². The minimum Gasteiger partial charge on any atom is -0.347 e. The van der Waals surface area contributed by atoms with Crippen LogP contribution in [0.15, 0.2) is 42.9 Å². The van der Waals surface area contributed by atoms with E-state index in [1.165, 1.54) is 6.20 Å². The van der Waals surface area contributed by atoms with Crippen LogP contribution < -0.4 is 5.32 Å². The van der Waals surface area contributed by atoms with E-state index in [2.05, 4.69) is 20.5 Å². The summed E-state index contributed by atoms with van der Waals surface area (Å²) >= 11 is 0. The van der Waals surface area contributed by atoms with Crippen molar-refractivity contribution in [1.29, 1.82) is 0 Å². The van der Waals surface area contributed by atoms with Crippen LogP contribution in [0.25, 0.3) is 0 Å². The summed E-state index contributed by atoms with van der Waals surface area (Å²) in [4.78, 5) is 15.5. The minimum absolute atomic E-state index is 0.239. The zero-order valence-electron chi connectivity index (χ0n) is 8.50. The van der Waals surface area contributed by atoms with Gasteiger partial charge in [0.15, 0.2) is 5.69 Å². The molecule has 0 saturated carbocycles. The van der Waals surface area contributed by atoms with Gasteiger partial charge in [-0.2, -0.15) is 5.10 Å². The lowest BCUT2D eigenvalue weighted by Gasteiger charge is -2.03. The molecule has 0 aromatic carbocycles. The average molecular weight is 214 g/mol. The second-order valence-electron chi connectivity index (χ2n) is 3.15. The van der Waals surface area contributed by atoms with Gasteiger partial charge >= 0.3 is 0 Å². The third-order valence-electron chi connectivity index (χ3n) is 1.98. The maximum absolute atomic E-state index is 11.6. The van der Waals surface area contributed by atoms with Crippen molar-refractivity contribution in [3.05, 3.63) is 54.1 Å². The summed E-state index contributed by atoms with van der Waals surface area (Å²) < 4.78 is 0.